The van der Waals surface area contributed by atoms with Crippen LogP contribution in [0, 0.1) is 0 Å². The molecule has 0 bridgehead atoms. The van der Waals surface area contributed by atoms with E-state index >= 15 is 0 Å². The Kier molecular flexibility index (Phi) is 2.72. The van der Waals surface area contributed by atoms with Gasteiger partial charge in [0.25, 0.3) is 0 Å². The van der Waals surface area contributed by atoms with E-state index in [0.29, 0.717) is 26.4 Å². The highest BCUT2D eigenvalue weighted by atomic mass is 32.2. The maximum absolute atomic E-state index is 10.9. The molecule has 0 amide bonds. The summed E-state index contributed by atoms with van der Waals surface area (Å²) in [7, 11) is 0. The highest BCUT2D eigenvalue weighted by Gasteiger charge is 2.26. The first kappa shape index (κ1) is 8.58. The third-order valence-electron chi connectivity index (χ3n) is 1.51. The van der Waals surface area contributed by atoms with Crippen molar-refractivity contribution in [3.63, 3.8) is 0 Å². The zero-order chi connectivity index (χ0) is 8.39. The standard InChI is InChI=1S/C6H10O5S/c7-12(10-3-5-1-8-5)11-4-6-2-9-6/h5-6H,1-4H2. The van der Waals surface area contributed by atoms with Gasteiger partial charge in [0.2, 0.25) is 0 Å². The van der Waals surface area contributed by atoms with Gasteiger partial charge in [-0.2, -0.15) is 4.21 Å². The van der Waals surface area contributed by atoms with E-state index in [1.165, 1.54) is 0 Å². The number of epoxide rings is 2. The summed E-state index contributed by atoms with van der Waals surface area (Å²) in [5, 5.41) is 0. The Morgan fingerprint density at radius 1 is 1.17 bits per heavy atom. The molecule has 0 radical (unpaired) electrons. The van der Waals surface area contributed by atoms with Crippen LogP contribution in [-0.4, -0.2) is 42.8 Å². The monoisotopic (exact) mass is 194 g/mol. The van der Waals surface area contributed by atoms with Crippen molar-refractivity contribution in [1.82, 2.24) is 0 Å². The first-order valence-electron chi connectivity index (χ1n) is 3.76. The highest BCUT2D eigenvalue weighted by molar-refractivity contribution is 7.75. The van der Waals surface area contributed by atoms with Gasteiger partial charge >= 0.3 is 11.4 Å². The van der Waals surface area contributed by atoms with Gasteiger partial charge in [-0.05, 0) is 0 Å². The largest absolute Gasteiger partial charge is 0.371 e. The Hall–Kier alpha value is -0.0100. The van der Waals surface area contributed by atoms with E-state index in [9.17, 15) is 4.21 Å². The predicted molar refractivity (Wildman–Crippen MR) is 39.5 cm³/mol. The van der Waals surface area contributed by atoms with Crippen molar-refractivity contribution >= 4 is 11.4 Å². The minimum Gasteiger partial charge on any atom is -0.371 e. The van der Waals surface area contributed by atoms with Gasteiger partial charge in [-0.15, -0.1) is 0 Å². The molecule has 2 fully saturated rings. The van der Waals surface area contributed by atoms with Crippen LogP contribution in [0.15, 0.2) is 0 Å². The SMILES string of the molecule is O=S(OCC1CO1)OCC1CO1. The minimum absolute atomic E-state index is 0.120. The lowest BCUT2D eigenvalue weighted by atomic mass is 10.5. The molecule has 2 saturated heterocycles. The molecule has 0 saturated carbocycles. The van der Waals surface area contributed by atoms with Crippen molar-refractivity contribution < 1.29 is 22.0 Å². The average Bonchev–Trinajstić information content (AvgIpc) is 2.89. The van der Waals surface area contributed by atoms with E-state index in [4.69, 9.17) is 17.8 Å². The van der Waals surface area contributed by atoms with Gasteiger partial charge < -0.3 is 9.47 Å². The van der Waals surface area contributed by atoms with E-state index in [1.807, 2.05) is 0 Å². The van der Waals surface area contributed by atoms with Crippen LogP contribution in [0.1, 0.15) is 0 Å². The van der Waals surface area contributed by atoms with E-state index < -0.39 is 11.4 Å². The molecule has 12 heavy (non-hydrogen) atoms. The maximum atomic E-state index is 10.9. The quantitative estimate of drug-likeness (QED) is 0.528. The Bertz CT molecular complexity index is 159. The first-order chi connectivity index (χ1) is 5.84. The first-order valence-corrected chi connectivity index (χ1v) is 4.76. The summed E-state index contributed by atoms with van der Waals surface area (Å²) in [6.45, 7) is 2.09. The van der Waals surface area contributed by atoms with Crippen molar-refractivity contribution in [3.8, 4) is 0 Å². The fourth-order valence-corrected chi connectivity index (χ4v) is 1.22. The molecule has 2 unspecified atom stereocenters. The Balaban J connectivity index is 1.50. The van der Waals surface area contributed by atoms with Crippen LogP contribution in [-0.2, 0) is 29.2 Å². The number of ether oxygens (including phenoxy) is 2. The number of hydrogen-bond acceptors (Lipinski definition) is 5. The second-order valence-electron chi connectivity index (χ2n) is 2.68. The highest BCUT2D eigenvalue weighted by Crippen LogP contribution is 2.12. The van der Waals surface area contributed by atoms with Crippen molar-refractivity contribution in [2.75, 3.05) is 26.4 Å². The zero-order valence-electron chi connectivity index (χ0n) is 6.43. The van der Waals surface area contributed by atoms with E-state index in [-0.39, 0.29) is 12.2 Å². The van der Waals surface area contributed by atoms with Crippen LogP contribution in [0.2, 0.25) is 0 Å². The fraction of sp³-hybridized carbons (Fsp3) is 1.00. The molecule has 2 aliphatic rings. The average molecular weight is 194 g/mol. The van der Waals surface area contributed by atoms with Crippen LogP contribution in [0.5, 0.6) is 0 Å². The molecule has 2 atom stereocenters. The third-order valence-corrected chi connectivity index (χ3v) is 2.16. The zero-order valence-corrected chi connectivity index (χ0v) is 7.25. The number of rotatable bonds is 6. The molecule has 2 rings (SSSR count). The lowest BCUT2D eigenvalue weighted by molar-refractivity contribution is 0.213. The topological polar surface area (TPSA) is 60.6 Å². The van der Waals surface area contributed by atoms with Crippen LogP contribution < -0.4 is 0 Å². The molecule has 2 heterocycles. The second kappa shape index (κ2) is 3.80. The molecule has 0 aliphatic carbocycles. The maximum Gasteiger partial charge on any atom is 0.304 e. The Morgan fingerprint density at radius 2 is 1.58 bits per heavy atom. The normalized spacial score (nSPS) is 34.7. The lowest BCUT2D eigenvalue weighted by Crippen LogP contribution is -2.10. The van der Waals surface area contributed by atoms with Crippen LogP contribution in [0.4, 0.5) is 0 Å². The van der Waals surface area contributed by atoms with Crippen molar-refractivity contribution in [2.45, 2.75) is 12.2 Å². The van der Waals surface area contributed by atoms with Gasteiger partial charge in [0, 0.05) is 0 Å². The van der Waals surface area contributed by atoms with Crippen molar-refractivity contribution in [3.05, 3.63) is 0 Å². The Morgan fingerprint density at radius 3 is 1.92 bits per heavy atom. The molecule has 70 valence electrons. The van der Waals surface area contributed by atoms with Gasteiger partial charge in [-0.3, -0.25) is 8.37 Å². The van der Waals surface area contributed by atoms with Crippen molar-refractivity contribution in [2.24, 2.45) is 0 Å². The summed E-state index contributed by atoms with van der Waals surface area (Å²) < 4.78 is 30.2. The molecule has 0 aromatic rings. The summed E-state index contributed by atoms with van der Waals surface area (Å²) >= 11 is -1.64. The molecular formula is C6H10O5S. The second-order valence-corrected chi connectivity index (χ2v) is 3.56. The number of hydrogen-bond donors (Lipinski definition) is 0. The van der Waals surface area contributed by atoms with Crippen LogP contribution in [0.25, 0.3) is 0 Å². The van der Waals surface area contributed by atoms with E-state index in [2.05, 4.69) is 0 Å². The molecule has 0 N–H and O–H groups in total. The van der Waals surface area contributed by atoms with Crippen LogP contribution in [0.3, 0.4) is 0 Å². The molecule has 6 heteroatoms. The van der Waals surface area contributed by atoms with Crippen molar-refractivity contribution in [1.29, 1.82) is 0 Å². The van der Waals surface area contributed by atoms with E-state index in [0.717, 1.165) is 0 Å². The molecule has 0 spiro atoms. The minimum atomic E-state index is -1.64. The lowest BCUT2D eigenvalue weighted by Gasteiger charge is -1.99. The van der Waals surface area contributed by atoms with E-state index in [1.54, 1.807) is 0 Å². The third kappa shape index (κ3) is 3.16. The van der Waals surface area contributed by atoms with Gasteiger partial charge in [-0.1, -0.05) is 0 Å². The van der Waals surface area contributed by atoms with Gasteiger partial charge in [-0.25, -0.2) is 0 Å². The summed E-state index contributed by atoms with van der Waals surface area (Å²) in [4.78, 5) is 0. The van der Waals surface area contributed by atoms with Gasteiger partial charge in [0.1, 0.15) is 12.2 Å². The molecule has 5 nitrogen and oxygen atoms in total. The summed E-state index contributed by atoms with van der Waals surface area (Å²) in [6.07, 6.45) is 0.240. The smallest absolute Gasteiger partial charge is 0.304 e. The molecule has 2 aliphatic heterocycles. The summed E-state index contributed by atoms with van der Waals surface area (Å²) in [5.74, 6) is 0. The van der Waals surface area contributed by atoms with Gasteiger partial charge in [0.05, 0.1) is 26.4 Å². The van der Waals surface area contributed by atoms with Crippen LogP contribution >= 0.6 is 0 Å². The van der Waals surface area contributed by atoms with Gasteiger partial charge in [0.15, 0.2) is 0 Å². The predicted octanol–water partition coefficient (Wildman–Crippen LogP) is -0.604. The fourth-order valence-electron chi connectivity index (χ4n) is 0.625. The molecule has 0 aromatic heterocycles. The Labute approximate surface area is 72.8 Å². The summed E-state index contributed by atoms with van der Waals surface area (Å²) in [6, 6.07) is 0. The molecular weight excluding hydrogens is 184 g/mol. The molecule has 0 aromatic carbocycles. The summed E-state index contributed by atoms with van der Waals surface area (Å²) in [5.41, 5.74) is 0.